The number of rotatable bonds is 5. The molecule has 1 heterocycles. The normalized spacial score (nSPS) is 16.2. The molecule has 1 N–H and O–H groups in total. The molecule has 88 valence electrons. The van der Waals surface area contributed by atoms with Crippen LogP contribution in [0.25, 0.3) is 0 Å². The molecular weight excluding hydrogens is 198 g/mol. The molecule has 0 unspecified atom stereocenters. The highest BCUT2D eigenvalue weighted by Gasteiger charge is 2.03. The Balaban J connectivity index is 1.65. The lowest BCUT2D eigenvalue weighted by Gasteiger charge is -2.12. The molecule has 0 radical (unpaired) electrons. The molecule has 0 amide bonds. The molecule has 2 rings (SSSR count). The SMILES string of the molecule is Cn1cncc1CNCCC1=CCCCC1. The second-order valence-electron chi connectivity index (χ2n) is 4.53. The van der Waals surface area contributed by atoms with Crippen LogP contribution in [0.3, 0.4) is 0 Å². The predicted molar refractivity (Wildman–Crippen MR) is 66.1 cm³/mol. The molecule has 0 aliphatic heterocycles. The van der Waals surface area contributed by atoms with Crippen LogP contribution in [0.15, 0.2) is 24.2 Å². The van der Waals surface area contributed by atoms with Crippen molar-refractivity contribution < 1.29 is 0 Å². The predicted octanol–water partition coefficient (Wildman–Crippen LogP) is 2.40. The van der Waals surface area contributed by atoms with Crippen LogP contribution in [0.4, 0.5) is 0 Å². The smallest absolute Gasteiger partial charge is 0.0945 e. The molecule has 0 spiro atoms. The summed E-state index contributed by atoms with van der Waals surface area (Å²) >= 11 is 0. The van der Waals surface area contributed by atoms with E-state index in [0.717, 1.165) is 13.1 Å². The molecule has 0 atom stereocenters. The van der Waals surface area contributed by atoms with Crippen LogP contribution in [0.1, 0.15) is 37.8 Å². The average Bonchev–Trinajstić information content (AvgIpc) is 2.72. The highest BCUT2D eigenvalue weighted by molar-refractivity contribution is 5.05. The van der Waals surface area contributed by atoms with Gasteiger partial charge in [0.1, 0.15) is 0 Å². The monoisotopic (exact) mass is 219 g/mol. The Hall–Kier alpha value is -1.09. The van der Waals surface area contributed by atoms with Crippen LogP contribution in [-0.4, -0.2) is 16.1 Å². The Morgan fingerprint density at radius 3 is 3.06 bits per heavy atom. The fourth-order valence-corrected chi connectivity index (χ4v) is 2.15. The third-order valence-electron chi connectivity index (χ3n) is 3.23. The number of hydrogen-bond donors (Lipinski definition) is 1. The lowest BCUT2D eigenvalue weighted by molar-refractivity contribution is 0.618. The first kappa shape index (κ1) is 11.4. The first-order valence-corrected chi connectivity index (χ1v) is 6.20. The molecule has 0 aromatic carbocycles. The van der Waals surface area contributed by atoms with Crippen molar-refractivity contribution in [2.45, 2.75) is 38.6 Å². The van der Waals surface area contributed by atoms with E-state index >= 15 is 0 Å². The van der Waals surface area contributed by atoms with Crippen molar-refractivity contribution in [1.29, 1.82) is 0 Å². The zero-order valence-corrected chi connectivity index (χ0v) is 10.1. The first-order chi connectivity index (χ1) is 7.86. The summed E-state index contributed by atoms with van der Waals surface area (Å²) in [6.07, 6.45) is 12.8. The van der Waals surface area contributed by atoms with Crippen LogP contribution in [-0.2, 0) is 13.6 Å². The lowest BCUT2D eigenvalue weighted by atomic mass is 9.97. The van der Waals surface area contributed by atoms with Crippen molar-refractivity contribution in [3.63, 3.8) is 0 Å². The van der Waals surface area contributed by atoms with Crippen molar-refractivity contribution in [2.24, 2.45) is 7.05 Å². The Bertz CT molecular complexity index is 352. The van der Waals surface area contributed by atoms with Gasteiger partial charge in [-0.15, -0.1) is 0 Å². The highest BCUT2D eigenvalue weighted by atomic mass is 15.0. The molecule has 0 bridgehead atoms. The number of aryl methyl sites for hydroxylation is 1. The van der Waals surface area contributed by atoms with Gasteiger partial charge in [0.15, 0.2) is 0 Å². The summed E-state index contributed by atoms with van der Waals surface area (Å²) in [7, 11) is 2.04. The van der Waals surface area contributed by atoms with Gasteiger partial charge in [0, 0.05) is 19.8 Å². The number of hydrogen-bond acceptors (Lipinski definition) is 2. The van der Waals surface area contributed by atoms with Crippen molar-refractivity contribution in [1.82, 2.24) is 14.9 Å². The molecule has 0 saturated carbocycles. The molecule has 0 fully saturated rings. The van der Waals surface area contributed by atoms with E-state index in [0.29, 0.717) is 0 Å². The molecule has 1 aromatic rings. The van der Waals surface area contributed by atoms with Gasteiger partial charge in [0.2, 0.25) is 0 Å². The molecule has 0 saturated heterocycles. The number of nitrogens with one attached hydrogen (secondary N) is 1. The summed E-state index contributed by atoms with van der Waals surface area (Å²) in [5.41, 5.74) is 2.89. The first-order valence-electron chi connectivity index (χ1n) is 6.20. The number of nitrogens with zero attached hydrogens (tertiary/aromatic N) is 2. The fourth-order valence-electron chi connectivity index (χ4n) is 2.15. The van der Waals surface area contributed by atoms with Crippen LogP contribution in [0, 0.1) is 0 Å². The number of allylic oxidation sites excluding steroid dienone is 1. The molecule has 1 aliphatic carbocycles. The summed E-state index contributed by atoms with van der Waals surface area (Å²) in [5.74, 6) is 0. The Morgan fingerprint density at radius 2 is 2.38 bits per heavy atom. The van der Waals surface area contributed by atoms with Crippen molar-refractivity contribution in [3.8, 4) is 0 Å². The minimum Gasteiger partial charge on any atom is -0.337 e. The van der Waals surface area contributed by atoms with E-state index in [4.69, 9.17) is 0 Å². The zero-order valence-electron chi connectivity index (χ0n) is 10.1. The Labute approximate surface area is 97.6 Å². The summed E-state index contributed by atoms with van der Waals surface area (Å²) in [4.78, 5) is 4.10. The number of aromatic nitrogens is 2. The maximum Gasteiger partial charge on any atom is 0.0945 e. The Kier molecular flexibility index (Phi) is 4.17. The van der Waals surface area contributed by atoms with Gasteiger partial charge in [-0.3, -0.25) is 0 Å². The van der Waals surface area contributed by atoms with Crippen LogP contribution in [0.5, 0.6) is 0 Å². The summed E-state index contributed by atoms with van der Waals surface area (Å²) in [6, 6.07) is 0. The van der Waals surface area contributed by atoms with E-state index < -0.39 is 0 Å². The quantitative estimate of drug-likeness (QED) is 0.609. The van der Waals surface area contributed by atoms with Crippen LogP contribution < -0.4 is 5.32 Å². The van der Waals surface area contributed by atoms with E-state index in [1.165, 1.54) is 37.8 Å². The van der Waals surface area contributed by atoms with E-state index in [1.807, 2.05) is 19.6 Å². The van der Waals surface area contributed by atoms with E-state index in [9.17, 15) is 0 Å². The van der Waals surface area contributed by atoms with Gasteiger partial charge in [0.25, 0.3) is 0 Å². The molecule has 3 nitrogen and oxygen atoms in total. The summed E-state index contributed by atoms with van der Waals surface area (Å²) < 4.78 is 2.06. The van der Waals surface area contributed by atoms with Crippen LogP contribution in [0.2, 0.25) is 0 Å². The van der Waals surface area contributed by atoms with Crippen molar-refractivity contribution >= 4 is 0 Å². The number of imidazole rings is 1. The minimum atomic E-state index is 0.920. The minimum absolute atomic E-state index is 0.920. The fraction of sp³-hybridized carbons (Fsp3) is 0.615. The van der Waals surface area contributed by atoms with Gasteiger partial charge in [0.05, 0.1) is 12.0 Å². The maximum absolute atomic E-state index is 4.10. The van der Waals surface area contributed by atoms with Gasteiger partial charge in [-0.05, 0) is 38.6 Å². The topological polar surface area (TPSA) is 29.9 Å². The molecule has 16 heavy (non-hydrogen) atoms. The lowest BCUT2D eigenvalue weighted by Crippen LogP contribution is -2.17. The van der Waals surface area contributed by atoms with E-state index in [2.05, 4.69) is 20.9 Å². The maximum atomic E-state index is 4.10. The molecule has 1 aliphatic rings. The third-order valence-corrected chi connectivity index (χ3v) is 3.23. The second-order valence-corrected chi connectivity index (χ2v) is 4.53. The van der Waals surface area contributed by atoms with Gasteiger partial charge in [-0.1, -0.05) is 11.6 Å². The standard InChI is InChI=1S/C13H21N3/c1-16-11-15-10-13(16)9-14-8-7-12-5-3-2-4-6-12/h5,10-11,14H,2-4,6-9H2,1H3. The largest absolute Gasteiger partial charge is 0.337 e. The second kappa shape index (κ2) is 5.85. The molecule has 3 heteroatoms. The van der Waals surface area contributed by atoms with E-state index in [1.54, 1.807) is 5.57 Å². The van der Waals surface area contributed by atoms with Gasteiger partial charge >= 0.3 is 0 Å². The average molecular weight is 219 g/mol. The zero-order chi connectivity index (χ0) is 11.2. The van der Waals surface area contributed by atoms with Gasteiger partial charge < -0.3 is 9.88 Å². The highest BCUT2D eigenvalue weighted by Crippen LogP contribution is 2.19. The Morgan fingerprint density at radius 1 is 1.44 bits per heavy atom. The van der Waals surface area contributed by atoms with Crippen molar-refractivity contribution in [3.05, 3.63) is 29.9 Å². The molecule has 1 aromatic heterocycles. The summed E-state index contributed by atoms with van der Waals surface area (Å²) in [6.45, 7) is 2.00. The van der Waals surface area contributed by atoms with Crippen molar-refractivity contribution in [2.75, 3.05) is 6.54 Å². The third kappa shape index (κ3) is 3.20. The molecular formula is C13H21N3. The summed E-state index contributed by atoms with van der Waals surface area (Å²) in [5, 5.41) is 3.47. The van der Waals surface area contributed by atoms with Gasteiger partial charge in [-0.2, -0.15) is 0 Å². The van der Waals surface area contributed by atoms with E-state index in [-0.39, 0.29) is 0 Å². The van der Waals surface area contributed by atoms with Gasteiger partial charge in [-0.25, -0.2) is 4.98 Å². The van der Waals surface area contributed by atoms with Crippen LogP contribution >= 0.6 is 0 Å².